The number of anilines is 1. The maximum absolute atomic E-state index is 12.2. The van der Waals surface area contributed by atoms with Gasteiger partial charge in [0, 0.05) is 18.7 Å². The minimum atomic E-state index is -0.402. The van der Waals surface area contributed by atoms with Crippen molar-refractivity contribution in [1.29, 1.82) is 0 Å². The van der Waals surface area contributed by atoms with E-state index in [-0.39, 0.29) is 24.9 Å². The van der Waals surface area contributed by atoms with Gasteiger partial charge in [-0.05, 0) is 19.1 Å². The molecule has 0 radical (unpaired) electrons. The fourth-order valence-electron chi connectivity index (χ4n) is 2.44. The molecule has 2 aromatic rings. The third kappa shape index (κ3) is 3.01. The van der Waals surface area contributed by atoms with Gasteiger partial charge in [-0.1, -0.05) is 18.2 Å². The van der Waals surface area contributed by atoms with E-state index in [1.54, 1.807) is 10.4 Å². The number of aromatic nitrogens is 1. The van der Waals surface area contributed by atoms with Crippen molar-refractivity contribution in [1.82, 2.24) is 4.98 Å². The van der Waals surface area contributed by atoms with E-state index < -0.39 is 5.92 Å². The maximum atomic E-state index is 12.2. The van der Waals surface area contributed by atoms with Gasteiger partial charge in [0.2, 0.25) is 5.91 Å². The van der Waals surface area contributed by atoms with Crippen molar-refractivity contribution in [3.8, 4) is 0 Å². The largest absolute Gasteiger partial charge is 0.460 e. The first-order valence-electron chi connectivity index (χ1n) is 7.06. The van der Waals surface area contributed by atoms with Crippen molar-refractivity contribution in [2.24, 2.45) is 5.92 Å². The van der Waals surface area contributed by atoms with Gasteiger partial charge in [0.1, 0.15) is 6.61 Å². The number of carbonyl (C=O) groups excluding carboxylic acids is 2. The molecule has 3 rings (SSSR count). The number of aryl methyl sites for hydroxylation is 1. The number of para-hydroxylation sites is 1. The molecule has 0 N–H and O–H groups in total. The quantitative estimate of drug-likeness (QED) is 0.813. The lowest BCUT2D eigenvalue weighted by Gasteiger charge is -2.16. The smallest absolute Gasteiger partial charge is 0.311 e. The molecule has 5 nitrogen and oxygen atoms in total. The fraction of sp³-hybridized carbons (Fsp3) is 0.312. The first kappa shape index (κ1) is 14.7. The number of hydrogen-bond donors (Lipinski definition) is 0. The summed E-state index contributed by atoms with van der Waals surface area (Å²) in [7, 11) is 0. The number of hydrogen-bond acceptors (Lipinski definition) is 5. The molecule has 1 unspecified atom stereocenters. The van der Waals surface area contributed by atoms with Gasteiger partial charge in [0.15, 0.2) is 0 Å². The predicted molar refractivity (Wildman–Crippen MR) is 83.5 cm³/mol. The number of ether oxygens (including phenoxy) is 1. The zero-order valence-corrected chi connectivity index (χ0v) is 13.0. The van der Waals surface area contributed by atoms with Crippen molar-refractivity contribution >= 4 is 28.9 Å². The Morgan fingerprint density at radius 1 is 1.41 bits per heavy atom. The lowest BCUT2D eigenvalue weighted by Crippen LogP contribution is -2.26. The third-order valence-electron chi connectivity index (χ3n) is 3.72. The van der Waals surface area contributed by atoms with Crippen LogP contribution in [0.15, 0.2) is 35.8 Å². The van der Waals surface area contributed by atoms with Crippen LogP contribution in [0.2, 0.25) is 0 Å². The molecule has 1 saturated heterocycles. The Kier molecular flexibility index (Phi) is 4.20. The second-order valence-corrected chi connectivity index (χ2v) is 6.15. The lowest BCUT2D eigenvalue weighted by molar-refractivity contribution is -0.149. The lowest BCUT2D eigenvalue weighted by atomic mass is 10.1. The van der Waals surface area contributed by atoms with E-state index in [2.05, 4.69) is 4.98 Å². The van der Waals surface area contributed by atoms with Crippen molar-refractivity contribution < 1.29 is 14.3 Å². The van der Waals surface area contributed by atoms with Crippen molar-refractivity contribution in [2.75, 3.05) is 11.4 Å². The SMILES string of the molecule is Cc1ncsc1COC(=O)C1CC(=O)N(c2ccccc2)C1. The van der Waals surface area contributed by atoms with Crippen LogP contribution < -0.4 is 4.90 Å². The molecule has 0 spiro atoms. The molecule has 0 saturated carbocycles. The van der Waals surface area contributed by atoms with Crippen LogP contribution in [0.1, 0.15) is 17.0 Å². The third-order valence-corrected chi connectivity index (χ3v) is 4.63. The topological polar surface area (TPSA) is 59.5 Å². The number of amides is 1. The summed E-state index contributed by atoms with van der Waals surface area (Å²) in [5.41, 5.74) is 3.43. The Hall–Kier alpha value is -2.21. The fourth-order valence-corrected chi connectivity index (χ4v) is 3.13. The minimum absolute atomic E-state index is 0.0397. The molecule has 1 aromatic carbocycles. The summed E-state index contributed by atoms with van der Waals surface area (Å²) in [6.45, 7) is 2.49. The van der Waals surface area contributed by atoms with Gasteiger partial charge < -0.3 is 9.64 Å². The second-order valence-electron chi connectivity index (χ2n) is 5.21. The molecule has 1 aliphatic rings. The summed E-state index contributed by atoms with van der Waals surface area (Å²) in [5.74, 6) is -0.761. The van der Waals surface area contributed by atoms with Crippen LogP contribution in [-0.2, 0) is 20.9 Å². The van der Waals surface area contributed by atoms with Crippen molar-refractivity contribution in [3.05, 3.63) is 46.4 Å². The summed E-state index contributed by atoms with van der Waals surface area (Å²) in [6, 6.07) is 9.38. The first-order valence-corrected chi connectivity index (χ1v) is 7.94. The molecule has 114 valence electrons. The molecule has 1 fully saturated rings. The van der Waals surface area contributed by atoms with Gasteiger partial charge in [-0.25, -0.2) is 4.98 Å². The first-order chi connectivity index (χ1) is 10.6. The number of thiazole rings is 1. The average Bonchev–Trinajstić information content (AvgIpc) is 3.12. The molecule has 22 heavy (non-hydrogen) atoms. The zero-order valence-electron chi connectivity index (χ0n) is 12.2. The van der Waals surface area contributed by atoms with Gasteiger partial charge in [0.25, 0.3) is 0 Å². The summed E-state index contributed by atoms with van der Waals surface area (Å²) in [4.78, 5) is 30.9. The van der Waals surface area contributed by atoms with Crippen molar-refractivity contribution in [2.45, 2.75) is 20.0 Å². The molecule has 1 atom stereocenters. The van der Waals surface area contributed by atoms with Gasteiger partial charge in [-0.15, -0.1) is 11.3 Å². The number of esters is 1. The Labute approximate surface area is 132 Å². The number of benzene rings is 1. The molecular formula is C16H16N2O3S. The molecule has 2 heterocycles. The summed E-state index contributed by atoms with van der Waals surface area (Å²) in [6.07, 6.45) is 0.204. The van der Waals surface area contributed by atoms with Gasteiger partial charge in [-0.2, -0.15) is 0 Å². The molecular weight excluding hydrogens is 300 g/mol. The highest BCUT2D eigenvalue weighted by atomic mass is 32.1. The monoisotopic (exact) mass is 316 g/mol. The van der Waals surface area contributed by atoms with E-state index in [0.717, 1.165) is 16.3 Å². The molecule has 0 bridgehead atoms. The molecule has 0 aliphatic carbocycles. The maximum Gasteiger partial charge on any atom is 0.311 e. The van der Waals surface area contributed by atoms with E-state index >= 15 is 0 Å². The number of nitrogens with zero attached hydrogens (tertiary/aromatic N) is 2. The van der Waals surface area contributed by atoms with Crippen LogP contribution in [0.4, 0.5) is 5.69 Å². The Morgan fingerprint density at radius 2 is 2.18 bits per heavy atom. The van der Waals surface area contributed by atoms with Gasteiger partial charge >= 0.3 is 5.97 Å². The van der Waals surface area contributed by atoms with E-state index in [1.165, 1.54) is 11.3 Å². The Bertz CT molecular complexity index is 684. The van der Waals surface area contributed by atoms with Crippen LogP contribution in [0.25, 0.3) is 0 Å². The Balaban J connectivity index is 1.61. The van der Waals surface area contributed by atoms with Gasteiger partial charge in [0.05, 0.1) is 22.0 Å². The summed E-state index contributed by atoms with van der Waals surface area (Å²) >= 11 is 1.47. The highest BCUT2D eigenvalue weighted by molar-refractivity contribution is 7.09. The molecule has 1 amide bonds. The number of rotatable bonds is 4. The molecule has 1 aliphatic heterocycles. The number of carbonyl (C=O) groups is 2. The van der Waals surface area contributed by atoms with Crippen LogP contribution in [0, 0.1) is 12.8 Å². The van der Waals surface area contributed by atoms with E-state index in [9.17, 15) is 9.59 Å². The normalized spacial score (nSPS) is 17.8. The minimum Gasteiger partial charge on any atom is -0.460 e. The van der Waals surface area contributed by atoms with Crippen LogP contribution in [0.3, 0.4) is 0 Å². The van der Waals surface area contributed by atoms with Gasteiger partial charge in [-0.3, -0.25) is 9.59 Å². The average molecular weight is 316 g/mol. The molecule has 1 aromatic heterocycles. The molecule has 6 heteroatoms. The standard InChI is InChI=1S/C16H16N2O3S/c1-11-14(22-10-17-11)9-21-16(20)12-7-15(19)18(8-12)13-5-3-2-4-6-13/h2-6,10,12H,7-9H2,1H3. The van der Waals surface area contributed by atoms with Crippen LogP contribution >= 0.6 is 11.3 Å². The summed E-state index contributed by atoms with van der Waals surface area (Å²) < 4.78 is 5.34. The predicted octanol–water partition coefficient (Wildman–Crippen LogP) is 2.55. The van der Waals surface area contributed by atoms with E-state index in [4.69, 9.17) is 4.74 Å². The van der Waals surface area contributed by atoms with Crippen LogP contribution in [-0.4, -0.2) is 23.4 Å². The Morgan fingerprint density at radius 3 is 2.86 bits per heavy atom. The highest BCUT2D eigenvalue weighted by Crippen LogP contribution is 2.26. The zero-order chi connectivity index (χ0) is 15.5. The van der Waals surface area contributed by atoms with Crippen molar-refractivity contribution in [3.63, 3.8) is 0 Å². The second kappa shape index (κ2) is 6.27. The highest BCUT2D eigenvalue weighted by Gasteiger charge is 2.36. The van der Waals surface area contributed by atoms with E-state index in [0.29, 0.717) is 6.54 Å². The van der Waals surface area contributed by atoms with E-state index in [1.807, 2.05) is 37.3 Å². The summed E-state index contributed by atoms with van der Waals surface area (Å²) in [5, 5.41) is 0. The van der Waals surface area contributed by atoms with Crippen LogP contribution in [0.5, 0.6) is 0 Å².